The van der Waals surface area contributed by atoms with Gasteiger partial charge in [-0.2, -0.15) is 9.36 Å². The van der Waals surface area contributed by atoms with E-state index in [2.05, 4.69) is 25.0 Å². The summed E-state index contributed by atoms with van der Waals surface area (Å²) in [4.78, 5) is 14.0. The third-order valence-electron chi connectivity index (χ3n) is 4.66. The quantitative estimate of drug-likeness (QED) is 0.646. The summed E-state index contributed by atoms with van der Waals surface area (Å²) in [6.07, 6.45) is 4.18. The van der Waals surface area contributed by atoms with Crippen molar-refractivity contribution in [1.29, 1.82) is 0 Å². The Morgan fingerprint density at radius 3 is 2.58 bits per heavy atom. The van der Waals surface area contributed by atoms with Crippen LogP contribution >= 0.6 is 11.5 Å². The van der Waals surface area contributed by atoms with Crippen LogP contribution in [0.1, 0.15) is 37.1 Å². The molecule has 26 heavy (non-hydrogen) atoms. The molecule has 1 aliphatic rings. The molecule has 3 aromatic heterocycles. The summed E-state index contributed by atoms with van der Waals surface area (Å²) in [5.41, 5.74) is 9.60. The van der Waals surface area contributed by atoms with Crippen LogP contribution in [0.2, 0.25) is 0 Å². The highest BCUT2D eigenvalue weighted by atomic mass is 32.1. The monoisotopic (exact) mass is 369 g/mol. The smallest absolute Gasteiger partial charge is 0.230 e. The molecule has 7 nitrogen and oxygen atoms in total. The lowest BCUT2D eigenvalue weighted by Gasteiger charge is -2.27. The van der Waals surface area contributed by atoms with Gasteiger partial charge in [-0.1, -0.05) is 0 Å². The molecule has 3 heterocycles. The topological polar surface area (TPSA) is 102 Å². The average molecular weight is 369 g/mol. The van der Waals surface area contributed by atoms with Crippen LogP contribution in [0.4, 0.5) is 16.8 Å². The molecule has 1 saturated carbocycles. The van der Waals surface area contributed by atoms with Crippen LogP contribution in [-0.2, 0) is 0 Å². The van der Waals surface area contributed by atoms with Crippen molar-refractivity contribution < 1.29 is 0 Å². The molecular weight excluding hydrogens is 346 g/mol. The fourth-order valence-electron chi connectivity index (χ4n) is 3.26. The lowest BCUT2D eigenvalue weighted by Crippen LogP contribution is -2.33. The minimum Gasteiger partial charge on any atom is -0.365 e. The maximum atomic E-state index is 6.03. The zero-order valence-electron chi connectivity index (χ0n) is 15.0. The molecule has 0 amide bonds. The van der Waals surface area contributed by atoms with Gasteiger partial charge in [-0.3, -0.25) is 0 Å². The van der Waals surface area contributed by atoms with Gasteiger partial charge in [0.25, 0.3) is 0 Å². The number of aromatic nitrogens is 4. The van der Waals surface area contributed by atoms with Crippen LogP contribution < -0.4 is 16.4 Å². The third kappa shape index (κ3) is 3.76. The SMILES string of the molecule is Cc1cc(Nc2nc(NC3CCC(N)CC3)c3nc(C)ccc3n2)sn1. The molecule has 136 valence electrons. The van der Waals surface area contributed by atoms with Crippen molar-refractivity contribution in [3.05, 3.63) is 29.6 Å². The number of nitrogens with two attached hydrogens (primary N) is 1. The molecule has 0 saturated heterocycles. The summed E-state index contributed by atoms with van der Waals surface area (Å²) >= 11 is 1.40. The molecular formula is C18H23N7S. The number of rotatable bonds is 4. The Hall–Kier alpha value is -2.32. The highest BCUT2D eigenvalue weighted by molar-refractivity contribution is 7.10. The highest BCUT2D eigenvalue weighted by Crippen LogP contribution is 2.27. The van der Waals surface area contributed by atoms with Gasteiger partial charge in [-0.25, -0.2) is 9.97 Å². The van der Waals surface area contributed by atoms with Crippen molar-refractivity contribution in [2.24, 2.45) is 5.73 Å². The Kier molecular flexibility index (Phi) is 4.69. The van der Waals surface area contributed by atoms with E-state index in [1.54, 1.807) is 0 Å². The number of fused-ring (bicyclic) bond motifs is 1. The summed E-state index contributed by atoms with van der Waals surface area (Å²) in [5.74, 6) is 1.34. The molecule has 1 aliphatic carbocycles. The highest BCUT2D eigenvalue weighted by Gasteiger charge is 2.20. The zero-order valence-corrected chi connectivity index (χ0v) is 15.8. The minimum absolute atomic E-state index is 0.322. The molecule has 0 atom stereocenters. The van der Waals surface area contributed by atoms with Crippen molar-refractivity contribution in [3.63, 3.8) is 0 Å². The van der Waals surface area contributed by atoms with Crippen molar-refractivity contribution in [3.8, 4) is 0 Å². The van der Waals surface area contributed by atoms with E-state index < -0.39 is 0 Å². The summed E-state index contributed by atoms with van der Waals surface area (Å²) < 4.78 is 4.29. The van der Waals surface area contributed by atoms with E-state index >= 15 is 0 Å². The van der Waals surface area contributed by atoms with E-state index in [1.807, 2.05) is 32.0 Å². The number of hydrogen-bond acceptors (Lipinski definition) is 8. The molecule has 3 aromatic rings. The minimum atomic E-state index is 0.322. The van der Waals surface area contributed by atoms with Gasteiger partial charge >= 0.3 is 0 Å². The Balaban J connectivity index is 1.67. The van der Waals surface area contributed by atoms with Gasteiger partial charge < -0.3 is 16.4 Å². The predicted octanol–water partition coefficient (Wildman–Crippen LogP) is 3.52. The molecule has 0 spiro atoms. The number of aryl methyl sites for hydroxylation is 2. The molecule has 1 fully saturated rings. The van der Waals surface area contributed by atoms with Gasteiger partial charge in [0.15, 0.2) is 5.82 Å². The molecule has 0 bridgehead atoms. The standard InChI is InChI=1S/C18H23N7S/c1-10-3-8-14-16(20-10)17(21-13-6-4-12(19)5-7-13)24-18(22-14)23-15-9-11(2)25-26-15/h3,8-9,12-13H,4-7,19H2,1-2H3,(H2,21,22,23,24). The maximum absolute atomic E-state index is 6.03. The lowest BCUT2D eigenvalue weighted by atomic mass is 9.92. The van der Waals surface area contributed by atoms with E-state index in [1.165, 1.54) is 11.5 Å². The van der Waals surface area contributed by atoms with E-state index in [-0.39, 0.29) is 0 Å². The predicted molar refractivity (Wildman–Crippen MR) is 106 cm³/mol. The normalized spacial score (nSPS) is 20.3. The summed E-state index contributed by atoms with van der Waals surface area (Å²) in [5, 5.41) is 7.77. The zero-order chi connectivity index (χ0) is 18.1. The Morgan fingerprint density at radius 2 is 1.85 bits per heavy atom. The fraction of sp³-hybridized carbons (Fsp3) is 0.444. The van der Waals surface area contributed by atoms with E-state index in [4.69, 9.17) is 10.7 Å². The van der Waals surface area contributed by atoms with Crippen LogP contribution in [0.15, 0.2) is 18.2 Å². The van der Waals surface area contributed by atoms with Crippen LogP contribution in [0.3, 0.4) is 0 Å². The third-order valence-corrected chi connectivity index (χ3v) is 5.45. The van der Waals surface area contributed by atoms with Gasteiger partial charge in [-0.15, -0.1) is 0 Å². The van der Waals surface area contributed by atoms with Crippen LogP contribution in [0.5, 0.6) is 0 Å². The van der Waals surface area contributed by atoms with Crippen molar-refractivity contribution in [1.82, 2.24) is 19.3 Å². The molecule has 8 heteroatoms. The molecule has 0 aliphatic heterocycles. The summed E-state index contributed by atoms with van der Waals surface area (Å²) in [6.45, 7) is 3.95. The molecule has 0 unspecified atom stereocenters. The van der Waals surface area contributed by atoms with Crippen LogP contribution in [0, 0.1) is 13.8 Å². The van der Waals surface area contributed by atoms with Crippen molar-refractivity contribution in [2.75, 3.05) is 10.6 Å². The van der Waals surface area contributed by atoms with Gasteiger partial charge in [-0.05, 0) is 69.3 Å². The number of anilines is 3. The first kappa shape index (κ1) is 17.1. The number of hydrogen-bond donors (Lipinski definition) is 3. The fourth-order valence-corrected chi connectivity index (χ4v) is 3.91. The second-order valence-electron chi connectivity index (χ2n) is 6.93. The van der Waals surface area contributed by atoms with E-state index in [0.29, 0.717) is 18.0 Å². The number of pyridine rings is 1. The molecule has 4 rings (SSSR count). The Bertz CT molecular complexity index is 915. The molecule has 0 radical (unpaired) electrons. The van der Waals surface area contributed by atoms with E-state index in [9.17, 15) is 0 Å². The largest absolute Gasteiger partial charge is 0.365 e. The first-order valence-corrected chi connectivity index (χ1v) is 9.72. The van der Waals surface area contributed by atoms with Crippen LogP contribution in [-0.4, -0.2) is 31.4 Å². The van der Waals surface area contributed by atoms with Gasteiger partial charge in [0, 0.05) is 17.8 Å². The van der Waals surface area contributed by atoms with Crippen LogP contribution in [0.25, 0.3) is 11.0 Å². The maximum Gasteiger partial charge on any atom is 0.230 e. The first-order chi connectivity index (χ1) is 12.6. The van der Waals surface area contributed by atoms with Crippen molar-refractivity contribution >= 4 is 39.3 Å². The lowest BCUT2D eigenvalue weighted by molar-refractivity contribution is 0.410. The second kappa shape index (κ2) is 7.13. The van der Waals surface area contributed by atoms with Gasteiger partial charge in [0.1, 0.15) is 10.5 Å². The Morgan fingerprint density at radius 1 is 1.04 bits per heavy atom. The van der Waals surface area contributed by atoms with Crippen molar-refractivity contribution in [2.45, 2.75) is 51.6 Å². The molecule has 4 N–H and O–H groups in total. The van der Waals surface area contributed by atoms with Gasteiger partial charge in [0.05, 0.1) is 11.2 Å². The summed E-state index contributed by atoms with van der Waals surface area (Å²) in [6, 6.07) is 6.64. The first-order valence-electron chi connectivity index (χ1n) is 8.94. The van der Waals surface area contributed by atoms with Gasteiger partial charge in [0.2, 0.25) is 5.95 Å². The molecule has 0 aromatic carbocycles. The number of nitrogens with one attached hydrogen (secondary N) is 2. The number of nitrogens with zero attached hydrogens (tertiary/aromatic N) is 4. The Labute approximate surface area is 156 Å². The average Bonchev–Trinajstić information content (AvgIpc) is 3.02. The summed E-state index contributed by atoms with van der Waals surface area (Å²) in [7, 11) is 0. The van der Waals surface area contributed by atoms with E-state index in [0.717, 1.165) is 58.9 Å². The second-order valence-corrected chi connectivity index (χ2v) is 7.73.